The highest BCUT2D eigenvalue weighted by Crippen LogP contribution is 2.31. The topological polar surface area (TPSA) is 58.6 Å². The predicted octanol–water partition coefficient (Wildman–Crippen LogP) is 3.55. The molecule has 0 saturated heterocycles. The first-order chi connectivity index (χ1) is 11.2. The maximum absolute atomic E-state index is 12.6. The van der Waals surface area contributed by atoms with Gasteiger partial charge in [-0.2, -0.15) is 0 Å². The molecule has 2 heterocycles. The Labute approximate surface area is 142 Å². The largest absolute Gasteiger partial charge is 0.443 e. The first kappa shape index (κ1) is 16.6. The third-order valence-corrected chi connectivity index (χ3v) is 4.20. The number of ether oxygens (including phenoxy) is 1. The van der Waals surface area contributed by atoms with Crippen LogP contribution >= 0.6 is 0 Å². The first-order valence-corrected chi connectivity index (χ1v) is 8.37. The fraction of sp³-hybridized carbons (Fsp3) is 0.474. The van der Waals surface area contributed by atoms with Crippen LogP contribution in [0, 0.1) is 5.92 Å². The van der Waals surface area contributed by atoms with Gasteiger partial charge in [0.15, 0.2) is 0 Å². The van der Waals surface area contributed by atoms with E-state index in [2.05, 4.69) is 18.3 Å². The van der Waals surface area contributed by atoms with Crippen LogP contribution in [0.25, 0.3) is 5.70 Å². The van der Waals surface area contributed by atoms with Crippen LogP contribution in [0.3, 0.4) is 0 Å². The molecule has 0 saturated carbocycles. The van der Waals surface area contributed by atoms with Gasteiger partial charge in [-0.05, 0) is 56.4 Å². The van der Waals surface area contributed by atoms with Gasteiger partial charge in [0.05, 0.1) is 5.70 Å². The zero-order valence-electron chi connectivity index (χ0n) is 14.7. The Morgan fingerprint density at radius 1 is 1.33 bits per heavy atom. The van der Waals surface area contributed by atoms with Crippen molar-refractivity contribution < 1.29 is 14.3 Å². The van der Waals surface area contributed by atoms with Gasteiger partial charge in [0.2, 0.25) is 0 Å². The molecule has 0 bridgehead atoms. The average Bonchev–Trinajstić information content (AvgIpc) is 2.86. The van der Waals surface area contributed by atoms with Gasteiger partial charge in [0, 0.05) is 18.7 Å². The maximum Gasteiger partial charge on any atom is 0.414 e. The fourth-order valence-corrected chi connectivity index (χ4v) is 3.06. The van der Waals surface area contributed by atoms with Crippen LogP contribution < -0.4 is 5.32 Å². The first-order valence-electron chi connectivity index (χ1n) is 8.37. The Morgan fingerprint density at radius 2 is 2.08 bits per heavy atom. The Hall–Kier alpha value is -2.30. The Balaban J connectivity index is 1.92. The Kier molecular flexibility index (Phi) is 4.11. The van der Waals surface area contributed by atoms with E-state index in [1.807, 2.05) is 39.0 Å². The second-order valence-electron chi connectivity index (χ2n) is 7.58. The molecule has 1 N–H and O–H groups in total. The van der Waals surface area contributed by atoms with E-state index >= 15 is 0 Å². The number of hydrogen-bond donors (Lipinski definition) is 1. The van der Waals surface area contributed by atoms with Gasteiger partial charge in [-0.3, -0.25) is 9.69 Å². The minimum Gasteiger partial charge on any atom is -0.443 e. The van der Waals surface area contributed by atoms with Gasteiger partial charge in [0.1, 0.15) is 5.60 Å². The monoisotopic (exact) mass is 328 g/mol. The third kappa shape index (κ3) is 3.30. The lowest BCUT2D eigenvalue weighted by Gasteiger charge is -2.34. The van der Waals surface area contributed by atoms with Crippen molar-refractivity contribution in [3.8, 4) is 0 Å². The van der Waals surface area contributed by atoms with E-state index in [0.717, 1.165) is 23.2 Å². The molecular formula is C19H24N2O3. The molecule has 0 aliphatic carbocycles. The van der Waals surface area contributed by atoms with Crippen LogP contribution in [0.4, 0.5) is 4.79 Å². The van der Waals surface area contributed by atoms with Crippen molar-refractivity contribution in [2.45, 2.75) is 46.3 Å². The Morgan fingerprint density at radius 3 is 2.79 bits per heavy atom. The van der Waals surface area contributed by atoms with Crippen LogP contribution in [0.15, 0.2) is 24.3 Å². The number of rotatable bonds is 1. The summed E-state index contributed by atoms with van der Waals surface area (Å²) in [7, 11) is 0. The lowest BCUT2D eigenvalue weighted by Crippen LogP contribution is -2.39. The highest BCUT2D eigenvalue weighted by Gasteiger charge is 2.30. The molecule has 1 aromatic carbocycles. The second-order valence-corrected chi connectivity index (χ2v) is 7.58. The van der Waals surface area contributed by atoms with E-state index in [9.17, 15) is 9.59 Å². The summed E-state index contributed by atoms with van der Waals surface area (Å²) < 4.78 is 5.57. The normalized spacial score (nSPS) is 20.3. The summed E-state index contributed by atoms with van der Waals surface area (Å²) in [5, 5.41) is 2.82. The number of carbonyl (C=O) groups excluding carboxylic acids is 2. The molecule has 0 aromatic heterocycles. The van der Waals surface area contributed by atoms with Crippen molar-refractivity contribution in [2.24, 2.45) is 5.92 Å². The third-order valence-electron chi connectivity index (χ3n) is 4.20. The molecule has 2 amide bonds. The number of allylic oxidation sites excluding steroid dienone is 1. The molecule has 1 atom stereocenters. The summed E-state index contributed by atoms with van der Waals surface area (Å²) in [6.07, 6.45) is 2.68. The van der Waals surface area contributed by atoms with E-state index in [0.29, 0.717) is 24.6 Å². The van der Waals surface area contributed by atoms with Gasteiger partial charge in [-0.1, -0.05) is 19.1 Å². The van der Waals surface area contributed by atoms with Crippen molar-refractivity contribution in [3.63, 3.8) is 0 Å². The van der Waals surface area contributed by atoms with Crippen molar-refractivity contribution >= 4 is 17.7 Å². The van der Waals surface area contributed by atoms with Crippen molar-refractivity contribution in [1.29, 1.82) is 0 Å². The smallest absolute Gasteiger partial charge is 0.414 e. The molecule has 0 fully saturated rings. The fourth-order valence-electron chi connectivity index (χ4n) is 3.06. The van der Waals surface area contributed by atoms with Gasteiger partial charge < -0.3 is 10.1 Å². The van der Waals surface area contributed by atoms with Gasteiger partial charge in [-0.25, -0.2) is 4.79 Å². The molecule has 3 rings (SSSR count). The molecular weight excluding hydrogens is 304 g/mol. The summed E-state index contributed by atoms with van der Waals surface area (Å²) in [6, 6.07) is 5.73. The lowest BCUT2D eigenvalue weighted by atomic mass is 9.96. The van der Waals surface area contributed by atoms with Gasteiger partial charge in [0.25, 0.3) is 5.91 Å². The average molecular weight is 328 g/mol. The summed E-state index contributed by atoms with van der Waals surface area (Å²) in [5.74, 6) is 0.353. The van der Waals surface area contributed by atoms with Crippen LogP contribution in [0.1, 0.15) is 55.6 Å². The SMILES string of the molecule is CC1CC=C(c2ccc3c(c2)CNC3=O)N(C(=O)OC(C)(C)C)C1. The van der Waals surface area contributed by atoms with Crippen LogP contribution in [-0.4, -0.2) is 29.0 Å². The highest BCUT2D eigenvalue weighted by molar-refractivity contribution is 5.98. The van der Waals surface area contributed by atoms with Gasteiger partial charge >= 0.3 is 6.09 Å². The molecule has 5 nitrogen and oxygen atoms in total. The maximum atomic E-state index is 12.6. The molecule has 2 aliphatic heterocycles. The minimum atomic E-state index is -0.531. The molecule has 5 heteroatoms. The molecule has 128 valence electrons. The summed E-state index contributed by atoms with van der Waals surface area (Å²) in [6.45, 7) is 8.90. The van der Waals surface area contributed by atoms with Crippen molar-refractivity contribution in [2.75, 3.05) is 6.54 Å². The standard InChI is InChI=1S/C19H24N2O3/c1-12-5-8-16(21(11-12)18(23)24-19(2,3)4)13-6-7-15-14(9-13)10-20-17(15)22/h6-9,12H,5,10-11H2,1-4H3,(H,20,22). The summed E-state index contributed by atoms with van der Waals surface area (Å²) >= 11 is 0. The molecule has 0 spiro atoms. The predicted molar refractivity (Wildman–Crippen MR) is 92.3 cm³/mol. The van der Waals surface area contributed by atoms with Crippen LogP contribution in [0.5, 0.6) is 0 Å². The lowest BCUT2D eigenvalue weighted by molar-refractivity contribution is 0.0327. The van der Waals surface area contributed by atoms with E-state index in [1.54, 1.807) is 4.90 Å². The van der Waals surface area contributed by atoms with Crippen molar-refractivity contribution in [1.82, 2.24) is 10.2 Å². The van der Waals surface area contributed by atoms with Crippen molar-refractivity contribution in [3.05, 3.63) is 41.0 Å². The van der Waals surface area contributed by atoms with E-state index in [4.69, 9.17) is 4.74 Å². The van der Waals surface area contributed by atoms with E-state index in [1.165, 1.54) is 0 Å². The quantitative estimate of drug-likeness (QED) is 0.858. The number of carbonyl (C=O) groups is 2. The summed E-state index contributed by atoms with van der Waals surface area (Å²) in [5.41, 5.74) is 2.97. The number of nitrogens with zero attached hydrogens (tertiary/aromatic N) is 1. The molecule has 2 aliphatic rings. The zero-order valence-corrected chi connectivity index (χ0v) is 14.7. The van der Waals surface area contributed by atoms with E-state index in [-0.39, 0.29) is 12.0 Å². The highest BCUT2D eigenvalue weighted by atomic mass is 16.6. The number of hydrogen-bond acceptors (Lipinski definition) is 3. The van der Waals surface area contributed by atoms with Crippen LogP contribution in [-0.2, 0) is 11.3 Å². The molecule has 0 radical (unpaired) electrons. The molecule has 24 heavy (non-hydrogen) atoms. The molecule has 1 aromatic rings. The number of amides is 2. The van der Waals surface area contributed by atoms with E-state index < -0.39 is 5.60 Å². The van der Waals surface area contributed by atoms with Gasteiger partial charge in [-0.15, -0.1) is 0 Å². The van der Waals surface area contributed by atoms with Crippen LogP contribution in [0.2, 0.25) is 0 Å². The number of benzene rings is 1. The zero-order chi connectivity index (χ0) is 17.5. The number of fused-ring (bicyclic) bond motifs is 1. The molecule has 1 unspecified atom stereocenters. The summed E-state index contributed by atoms with van der Waals surface area (Å²) in [4.78, 5) is 26.1. The Bertz CT molecular complexity index is 716. The second kappa shape index (κ2) is 5.96. The minimum absolute atomic E-state index is 0.0354. The number of nitrogens with one attached hydrogen (secondary N) is 1.